The van der Waals surface area contributed by atoms with Crippen molar-refractivity contribution in [2.45, 2.75) is 59.2 Å². The van der Waals surface area contributed by atoms with Crippen molar-refractivity contribution in [1.82, 2.24) is 10.2 Å². The summed E-state index contributed by atoms with van der Waals surface area (Å²) in [5.41, 5.74) is 0.891. The maximum atomic E-state index is 14.0. The van der Waals surface area contributed by atoms with Crippen molar-refractivity contribution < 1.29 is 19.1 Å². The summed E-state index contributed by atoms with van der Waals surface area (Å²) in [6.07, 6.45) is 5.09. The second-order valence-electron chi connectivity index (χ2n) is 10.7. The molecule has 0 aromatic heterocycles. The van der Waals surface area contributed by atoms with Gasteiger partial charge in [0.25, 0.3) is 5.91 Å². The van der Waals surface area contributed by atoms with Gasteiger partial charge < -0.3 is 20.3 Å². The summed E-state index contributed by atoms with van der Waals surface area (Å²) in [5, 5.41) is 7.70. The molecule has 0 saturated carbocycles. The van der Waals surface area contributed by atoms with Crippen molar-refractivity contribution in [3.05, 3.63) is 77.9 Å². The molecular formula is C32H37N3O4. The standard InChI is InChI=1S/C32H37N3O4/c1-8-22-14-12-13-17-26(22)28(29(36)33-25-19-18-23-15-10-11-16-24(23)20-25)35(9-2)30(37)27(21(3)4)34-31(38)39-32(5,6)7/h1,10-21,27-28H,9H2,2-7H3,(H,33,36)(H,34,38). The highest BCUT2D eigenvalue weighted by Gasteiger charge is 2.37. The Balaban J connectivity index is 2.01. The molecule has 2 atom stereocenters. The second kappa shape index (κ2) is 12.5. The molecule has 3 rings (SSSR count). The van der Waals surface area contributed by atoms with Crippen LogP contribution in [0.4, 0.5) is 10.5 Å². The van der Waals surface area contributed by atoms with Gasteiger partial charge in [0.15, 0.2) is 0 Å². The SMILES string of the molecule is C#Cc1ccccc1C(C(=O)Nc1ccc2ccccc2c1)N(CC)C(=O)C(NC(=O)OC(C)(C)C)C(C)C. The number of alkyl carbamates (subject to hydrolysis) is 1. The molecule has 7 heteroatoms. The number of likely N-dealkylation sites (N-methyl/N-ethyl adjacent to an activating group) is 1. The molecule has 0 fully saturated rings. The smallest absolute Gasteiger partial charge is 0.408 e. The van der Waals surface area contributed by atoms with Crippen LogP contribution in [0.3, 0.4) is 0 Å². The topological polar surface area (TPSA) is 87.7 Å². The number of benzene rings is 3. The number of terminal acetylenes is 1. The molecule has 0 aliphatic rings. The van der Waals surface area contributed by atoms with Gasteiger partial charge in [-0.05, 0) is 68.1 Å². The molecule has 0 aliphatic heterocycles. The van der Waals surface area contributed by atoms with Gasteiger partial charge in [-0.1, -0.05) is 68.3 Å². The number of hydrogen-bond acceptors (Lipinski definition) is 4. The number of fused-ring (bicyclic) bond motifs is 1. The van der Waals surface area contributed by atoms with Crippen LogP contribution in [0.25, 0.3) is 10.8 Å². The van der Waals surface area contributed by atoms with Crippen molar-refractivity contribution in [2.75, 3.05) is 11.9 Å². The van der Waals surface area contributed by atoms with Crippen LogP contribution in [0, 0.1) is 18.3 Å². The van der Waals surface area contributed by atoms with Crippen LogP contribution in [-0.2, 0) is 14.3 Å². The summed E-state index contributed by atoms with van der Waals surface area (Å²) in [6.45, 7) is 10.9. The van der Waals surface area contributed by atoms with Crippen LogP contribution in [0.2, 0.25) is 0 Å². The number of anilines is 1. The predicted octanol–water partition coefficient (Wildman–Crippen LogP) is 5.90. The molecule has 0 heterocycles. The van der Waals surface area contributed by atoms with Gasteiger partial charge in [-0.15, -0.1) is 6.42 Å². The number of carbonyl (C=O) groups excluding carboxylic acids is 3. The fraction of sp³-hybridized carbons (Fsp3) is 0.344. The molecule has 39 heavy (non-hydrogen) atoms. The molecule has 0 saturated heterocycles. The van der Waals surface area contributed by atoms with Gasteiger partial charge in [0.2, 0.25) is 5.91 Å². The lowest BCUT2D eigenvalue weighted by Crippen LogP contribution is -2.54. The third kappa shape index (κ3) is 7.38. The van der Waals surface area contributed by atoms with E-state index in [1.165, 1.54) is 4.90 Å². The molecule has 0 spiro atoms. The minimum atomic E-state index is -1.04. The quantitative estimate of drug-likeness (QED) is 0.357. The van der Waals surface area contributed by atoms with Gasteiger partial charge in [0.05, 0.1) is 0 Å². The third-order valence-electron chi connectivity index (χ3n) is 6.22. The number of amides is 3. The average Bonchev–Trinajstić information content (AvgIpc) is 2.88. The highest BCUT2D eigenvalue weighted by Crippen LogP contribution is 2.28. The summed E-state index contributed by atoms with van der Waals surface area (Å²) in [4.78, 5) is 42.0. The van der Waals surface area contributed by atoms with E-state index >= 15 is 0 Å². The molecule has 3 aromatic carbocycles. The van der Waals surface area contributed by atoms with Crippen molar-refractivity contribution in [3.8, 4) is 12.3 Å². The number of ether oxygens (including phenoxy) is 1. The largest absolute Gasteiger partial charge is 0.444 e. The van der Waals surface area contributed by atoms with Crippen molar-refractivity contribution in [2.24, 2.45) is 5.92 Å². The first-order chi connectivity index (χ1) is 18.4. The Labute approximate surface area is 230 Å². The Kier molecular flexibility index (Phi) is 9.37. The Morgan fingerprint density at radius 1 is 0.974 bits per heavy atom. The van der Waals surface area contributed by atoms with E-state index in [-0.39, 0.29) is 12.5 Å². The summed E-state index contributed by atoms with van der Waals surface area (Å²) < 4.78 is 5.40. The molecule has 2 unspecified atom stereocenters. The molecule has 0 radical (unpaired) electrons. The maximum absolute atomic E-state index is 14.0. The average molecular weight is 528 g/mol. The fourth-order valence-corrected chi connectivity index (χ4v) is 4.39. The molecule has 204 valence electrons. The lowest BCUT2D eigenvalue weighted by atomic mass is 9.96. The van der Waals surface area contributed by atoms with Gasteiger partial charge in [-0.3, -0.25) is 9.59 Å². The normalized spacial score (nSPS) is 12.8. The lowest BCUT2D eigenvalue weighted by Gasteiger charge is -2.35. The Morgan fingerprint density at radius 3 is 2.23 bits per heavy atom. The van der Waals surface area contributed by atoms with Crippen LogP contribution < -0.4 is 10.6 Å². The second-order valence-corrected chi connectivity index (χ2v) is 10.7. The van der Waals surface area contributed by atoms with E-state index in [4.69, 9.17) is 11.2 Å². The number of rotatable bonds is 8. The van der Waals surface area contributed by atoms with E-state index in [9.17, 15) is 14.4 Å². The number of nitrogens with zero attached hydrogens (tertiary/aromatic N) is 1. The highest BCUT2D eigenvalue weighted by atomic mass is 16.6. The molecule has 7 nitrogen and oxygen atoms in total. The molecule has 3 aromatic rings. The predicted molar refractivity (Wildman–Crippen MR) is 155 cm³/mol. The van der Waals surface area contributed by atoms with Crippen LogP contribution in [0.1, 0.15) is 58.7 Å². The summed E-state index contributed by atoms with van der Waals surface area (Å²) in [5.74, 6) is 1.54. The highest BCUT2D eigenvalue weighted by molar-refractivity contribution is 6.00. The van der Waals surface area contributed by atoms with E-state index in [1.807, 2.05) is 56.3 Å². The van der Waals surface area contributed by atoms with E-state index in [0.717, 1.165) is 10.8 Å². The van der Waals surface area contributed by atoms with Crippen molar-refractivity contribution in [1.29, 1.82) is 0 Å². The van der Waals surface area contributed by atoms with E-state index in [2.05, 4.69) is 16.6 Å². The first kappa shape index (κ1) is 29.2. The van der Waals surface area contributed by atoms with Crippen LogP contribution in [-0.4, -0.2) is 41.0 Å². The Hall–Kier alpha value is -4.31. The minimum Gasteiger partial charge on any atom is -0.444 e. The molecule has 2 N–H and O–H groups in total. The fourth-order valence-electron chi connectivity index (χ4n) is 4.39. The van der Waals surface area contributed by atoms with Crippen LogP contribution >= 0.6 is 0 Å². The Morgan fingerprint density at radius 2 is 1.62 bits per heavy atom. The van der Waals surface area contributed by atoms with Crippen molar-refractivity contribution in [3.63, 3.8) is 0 Å². The summed E-state index contributed by atoms with van der Waals surface area (Å²) in [7, 11) is 0. The zero-order valence-electron chi connectivity index (χ0n) is 23.4. The van der Waals surface area contributed by atoms with Gasteiger partial charge in [-0.2, -0.15) is 0 Å². The molecule has 3 amide bonds. The zero-order chi connectivity index (χ0) is 28.7. The van der Waals surface area contributed by atoms with E-state index in [0.29, 0.717) is 16.8 Å². The first-order valence-corrected chi connectivity index (χ1v) is 13.1. The van der Waals surface area contributed by atoms with Gasteiger partial charge >= 0.3 is 6.09 Å². The van der Waals surface area contributed by atoms with Gasteiger partial charge in [0.1, 0.15) is 17.7 Å². The minimum absolute atomic E-state index is 0.201. The number of nitrogens with one attached hydrogen (secondary N) is 2. The first-order valence-electron chi connectivity index (χ1n) is 13.1. The molecular weight excluding hydrogens is 490 g/mol. The summed E-state index contributed by atoms with van der Waals surface area (Å²) >= 11 is 0. The maximum Gasteiger partial charge on any atom is 0.408 e. The van der Waals surface area contributed by atoms with Crippen LogP contribution in [0.15, 0.2) is 66.7 Å². The zero-order valence-corrected chi connectivity index (χ0v) is 23.4. The molecule has 0 bridgehead atoms. The van der Waals surface area contributed by atoms with Crippen LogP contribution in [0.5, 0.6) is 0 Å². The Bertz CT molecular complexity index is 1380. The van der Waals surface area contributed by atoms with E-state index < -0.39 is 35.6 Å². The number of hydrogen-bond donors (Lipinski definition) is 2. The van der Waals surface area contributed by atoms with Crippen molar-refractivity contribution >= 4 is 34.4 Å². The van der Waals surface area contributed by atoms with Gasteiger partial charge in [-0.25, -0.2) is 4.79 Å². The third-order valence-corrected chi connectivity index (χ3v) is 6.22. The van der Waals surface area contributed by atoms with Gasteiger partial charge in [0, 0.05) is 17.8 Å². The summed E-state index contributed by atoms with van der Waals surface area (Å²) in [6, 6.07) is 18.6. The molecule has 0 aliphatic carbocycles. The number of carbonyl (C=O) groups is 3. The lowest BCUT2D eigenvalue weighted by molar-refractivity contribution is -0.141. The van der Waals surface area contributed by atoms with E-state index in [1.54, 1.807) is 52.0 Å². The monoisotopic (exact) mass is 527 g/mol.